The fraction of sp³-hybridized carbons (Fsp3) is 0.0500. The summed E-state index contributed by atoms with van der Waals surface area (Å²) in [4.78, 5) is 13.1. The van der Waals surface area contributed by atoms with Crippen molar-refractivity contribution < 1.29 is 0 Å². The molecule has 2 nitrogen and oxygen atoms in total. The first-order valence-electron chi connectivity index (χ1n) is 8.32. The van der Waals surface area contributed by atoms with Gasteiger partial charge in [-0.05, 0) is 37.3 Å². The molecule has 0 aliphatic heterocycles. The molecule has 1 heterocycles. The van der Waals surface area contributed by atoms with Crippen molar-refractivity contribution in [2.45, 2.75) is 6.92 Å². The van der Waals surface area contributed by atoms with Crippen LogP contribution in [0.15, 0.2) is 71.5 Å². The maximum absolute atomic E-state index is 13.1. The lowest BCUT2D eigenvalue weighted by atomic mass is 9.51. The van der Waals surface area contributed by atoms with Gasteiger partial charge in [-0.3, -0.25) is 4.79 Å². The van der Waals surface area contributed by atoms with Crippen molar-refractivity contribution in [2.24, 2.45) is 0 Å². The zero-order chi connectivity index (χ0) is 16.7. The molecule has 0 aliphatic rings. The third kappa shape index (κ3) is 2.26. The molecule has 4 rings (SSSR count). The number of hydrogen-bond acceptors (Lipinski definition) is 1. The number of aryl methyl sites for hydroxylation is 1. The predicted octanol–water partition coefficient (Wildman–Crippen LogP) is 2.06. The van der Waals surface area contributed by atoms with E-state index in [-0.39, 0.29) is 5.43 Å². The van der Waals surface area contributed by atoms with Crippen LogP contribution in [0.1, 0.15) is 5.56 Å². The molecule has 0 amide bonds. The largest absolute Gasteiger partial charge is 0.309 e. The van der Waals surface area contributed by atoms with E-state index in [2.05, 4.69) is 42.6 Å². The molecule has 4 aromatic rings. The summed E-state index contributed by atoms with van der Waals surface area (Å²) in [5.74, 6) is 0. The molecule has 0 unspecified atom stereocenters. The summed E-state index contributed by atoms with van der Waals surface area (Å²) in [6, 6.07) is 22.6. The summed E-state index contributed by atoms with van der Waals surface area (Å²) < 4.78 is 2.19. The zero-order valence-electron chi connectivity index (χ0n) is 13.9. The van der Waals surface area contributed by atoms with Crippen molar-refractivity contribution in [3.8, 4) is 5.69 Å². The minimum atomic E-state index is 0.117. The topological polar surface area (TPSA) is 22.0 Å². The lowest BCUT2D eigenvalue weighted by Crippen LogP contribution is -2.18. The van der Waals surface area contributed by atoms with Crippen molar-refractivity contribution >= 4 is 42.2 Å². The van der Waals surface area contributed by atoms with Crippen LogP contribution in [0.5, 0.6) is 0 Å². The highest BCUT2D eigenvalue weighted by molar-refractivity contribution is 6.97. The van der Waals surface area contributed by atoms with Crippen LogP contribution < -0.4 is 10.9 Å². The predicted molar refractivity (Wildman–Crippen MR) is 107 cm³/mol. The van der Waals surface area contributed by atoms with Gasteiger partial charge in [0.2, 0.25) is 0 Å². The van der Waals surface area contributed by atoms with Crippen LogP contribution in [0.3, 0.4) is 0 Å². The lowest BCUT2D eigenvalue weighted by Gasteiger charge is -2.16. The summed E-state index contributed by atoms with van der Waals surface area (Å²) in [6.45, 7) is 2.03. The van der Waals surface area contributed by atoms with Crippen LogP contribution in [0.25, 0.3) is 27.5 Å². The molecule has 0 aliphatic carbocycles. The Morgan fingerprint density at radius 1 is 0.875 bits per heavy atom. The molecular weight excluding hydrogens is 292 g/mol. The molecule has 0 saturated carbocycles. The van der Waals surface area contributed by atoms with Crippen LogP contribution in [-0.2, 0) is 0 Å². The molecule has 114 valence electrons. The van der Waals surface area contributed by atoms with Crippen molar-refractivity contribution in [1.82, 2.24) is 4.57 Å². The fourth-order valence-corrected chi connectivity index (χ4v) is 3.34. The summed E-state index contributed by atoms with van der Waals surface area (Å²) in [5.41, 5.74) is 5.39. The molecule has 0 fully saturated rings. The van der Waals surface area contributed by atoms with Crippen molar-refractivity contribution in [1.29, 1.82) is 0 Å². The van der Waals surface area contributed by atoms with Gasteiger partial charge in [0.1, 0.15) is 7.17 Å². The molecule has 0 atom stereocenters. The van der Waals surface area contributed by atoms with E-state index in [1.807, 2.05) is 43.3 Å². The number of aromatic nitrogens is 1. The van der Waals surface area contributed by atoms with Crippen LogP contribution in [-0.4, -0.2) is 19.5 Å². The van der Waals surface area contributed by atoms with Crippen LogP contribution in [0, 0.1) is 6.92 Å². The standard InChI is InChI=1S/C20H17B2NO/c1-13-7-9-18-16(11-13)20(24)17-12-14(22-21)8-10-19(17)23(18)15-5-3-2-4-6-15/h2-12,22H,21H2,1H3. The Morgan fingerprint density at radius 2 is 1.54 bits per heavy atom. The highest BCUT2D eigenvalue weighted by atomic mass is 16.1. The normalized spacial score (nSPS) is 11.0. The highest BCUT2D eigenvalue weighted by Gasteiger charge is 2.12. The molecule has 0 radical (unpaired) electrons. The molecule has 0 spiro atoms. The number of benzene rings is 3. The van der Waals surface area contributed by atoms with Crippen molar-refractivity contribution in [2.75, 3.05) is 0 Å². The fourth-order valence-electron chi connectivity index (χ4n) is 3.34. The summed E-state index contributed by atoms with van der Waals surface area (Å²) in [7, 11) is 3.04. The Hall–Kier alpha value is -2.74. The van der Waals surface area contributed by atoms with E-state index < -0.39 is 0 Å². The Balaban J connectivity index is 2.26. The number of rotatable bonds is 2. The van der Waals surface area contributed by atoms with E-state index in [1.165, 1.54) is 5.46 Å². The third-order valence-corrected chi connectivity index (χ3v) is 4.61. The second kappa shape index (κ2) is 5.72. The maximum Gasteiger partial charge on any atom is 0.197 e. The number of nitrogens with zero attached hydrogens (tertiary/aromatic N) is 1. The number of fused-ring (bicyclic) bond motifs is 2. The van der Waals surface area contributed by atoms with E-state index in [4.69, 9.17) is 0 Å². The molecule has 0 N–H and O–H groups in total. The quantitative estimate of drug-likeness (QED) is 0.410. The molecule has 0 saturated heterocycles. The van der Waals surface area contributed by atoms with Crippen molar-refractivity contribution in [3.05, 3.63) is 82.5 Å². The van der Waals surface area contributed by atoms with Crippen LogP contribution in [0.4, 0.5) is 0 Å². The summed E-state index contributed by atoms with van der Waals surface area (Å²) >= 11 is 0. The monoisotopic (exact) mass is 309 g/mol. The average molecular weight is 309 g/mol. The van der Waals surface area contributed by atoms with E-state index in [9.17, 15) is 4.79 Å². The van der Waals surface area contributed by atoms with Gasteiger partial charge >= 0.3 is 0 Å². The Labute approximate surface area is 142 Å². The van der Waals surface area contributed by atoms with E-state index in [0.717, 1.165) is 40.2 Å². The third-order valence-electron chi connectivity index (χ3n) is 4.61. The molecule has 3 aromatic carbocycles. The smallest absolute Gasteiger partial charge is 0.197 e. The van der Waals surface area contributed by atoms with Gasteiger partial charge in [0.15, 0.2) is 5.43 Å². The molecular formula is C20H17B2NO. The molecule has 24 heavy (non-hydrogen) atoms. The van der Waals surface area contributed by atoms with Gasteiger partial charge in [-0.15, -0.1) is 0 Å². The summed E-state index contributed by atoms with van der Waals surface area (Å²) in [5, 5.41) is 1.57. The molecule has 4 heteroatoms. The number of pyridine rings is 1. The Kier molecular flexibility index (Phi) is 3.53. The first kappa shape index (κ1) is 14.8. The van der Waals surface area contributed by atoms with Gasteiger partial charge < -0.3 is 4.57 Å². The van der Waals surface area contributed by atoms with Gasteiger partial charge in [0, 0.05) is 16.5 Å². The van der Waals surface area contributed by atoms with Gasteiger partial charge in [-0.2, -0.15) is 0 Å². The minimum Gasteiger partial charge on any atom is -0.309 e. The Bertz CT molecular complexity index is 1120. The van der Waals surface area contributed by atoms with Crippen LogP contribution >= 0.6 is 0 Å². The number of hydrogen-bond donors (Lipinski definition) is 0. The maximum atomic E-state index is 13.1. The highest BCUT2D eigenvalue weighted by Crippen LogP contribution is 2.24. The van der Waals surface area contributed by atoms with Crippen LogP contribution in [0.2, 0.25) is 0 Å². The van der Waals surface area contributed by atoms with E-state index >= 15 is 0 Å². The lowest BCUT2D eigenvalue weighted by molar-refractivity contribution is 1.16. The first-order valence-corrected chi connectivity index (χ1v) is 8.32. The van der Waals surface area contributed by atoms with Gasteiger partial charge in [0.05, 0.1) is 18.8 Å². The Morgan fingerprint density at radius 3 is 2.25 bits per heavy atom. The number of para-hydroxylation sites is 1. The minimum absolute atomic E-state index is 0.117. The SMILES string of the molecule is BBc1ccc2c(c1)c(=O)c1cc(C)ccc1n2-c1ccccc1. The van der Waals surface area contributed by atoms with E-state index in [0.29, 0.717) is 0 Å². The first-order chi connectivity index (χ1) is 11.7. The second-order valence-corrected chi connectivity index (χ2v) is 6.23. The molecule has 0 bridgehead atoms. The zero-order valence-corrected chi connectivity index (χ0v) is 13.9. The van der Waals surface area contributed by atoms with Crippen molar-refractivity contribution in [3.63, 3.8) is 0 Å². The summed E-state index contributed by atoms with van der Waals surface area (Å²) in [6.07, 6.45) is 0. The van der Waals surface area contributed by atoms with Gasteiger partial charge in [-0.1, -0.05) is 47.4 Å². The van der Waals surface area contributed by atoms with E-state index in [1.54, 1.807) is 0 Å². The average Bonchev–Trinajstić information content (AvgIpc) is 2.63. The molecule has 1 aromatic heterocycles. The van der Waals surface area contributed by atoms with Gasteiger partial charge in [0.25, 0.3) is 0 Å². The van der Waals surface area contributed by atoms with Gasteiger partial charge in [-0.25, -0.2) is 0 Å². The second-order valence-electron chi connectivity index (χ2n) is 6.23.